The van der Waals surface area contributed by atoms with Crippen LogP contribution in [-0.2, 0) is 0 Å². The highest BCUT2D eigenvalue weighted by molar-refractivity contribution is 7.10. The Morgan fingerprint density at radius 1 is 1.28 bits per heavy atom. The number of thiophene rings is 1. The number of carbonyl (C=O) groups is 1. The second kappa shape index (κ2) is 7.63. The summed E-state index contributed by atoms with van der Waals surface area (Å²) >= 11 is 1.68. The number of aromatic nitrogens is 1. The number of amides is 1. The number of hydrogen-bond donors (Lipinski definition) is 1. The molecule has 1 amide bonds. The van der Waals surface area contributed by atoms with Gasteiger partial charge in [-0.25, -0.2) is 0 Å². The smallest absolute Gasteiger partial charge is 0.273 e. The minimum Gasteiger partial charge on any atom is -0.355 e. The van der Waals surface area contributed by atoms with Crippen LogP contribution in [-0.4, -0.2) is 36.6 Å². The van der Waals surface area contributed by atoms with Crippen molar-refractivity contribution < 1.29 is 9.32 Å². The van der Waals surface area contributed by atoms with Crippen LogP contribution in [0.4, 0.5) is 0 Å². The first-order valence-corrected chi connectivity index (χ1v) is 8.94. The normalized spacial score (nSPS) is 12.3. The first kappa shape index (κ1) is 17.4. The molecule has 0 unspecified atom stereocenters. The highest BCUT2D eigenvalue weighted by Crippen LogP contribution is 2.23. The van der Waals surface area contributed by atoms with Crippen molar-refractivity contribution in [3.05, 3.63) is 64.0 Å². The molecule has 3 rings (SSSR count). The van der Waals surface area contributed by atoms with Gasteiger partial charge >= 0.3 is 0 Å². The van der Waals surface area contributed by atoms with Crippen molar-refractivity contribution >= 4 is 17.2 Å². The minimum absolute atomic E-state index is 0.132. The third-order valence-corrected chi connectivity index (χ3v) is 5.00. The van der Waals surface area contributed by atoms with Gasteiger partial charge in [0.2, 0.25) is 0 Å². The van der Waals surface area contributed by atoms with Crippen LogP contribution in [0.1, 0.15) is 27.0 Å². The predicted molar refractivity (Wildman–Crippen MR) is 99.8 cm³/mol. The number of benzene rings is 1. The van der Waals surface area contributed by atoms with Gasteiger partial charge in [0.1, 0.15) is 0 Å². The van der Waals surface area contributed by atoms with Gasteiger partial charge in [0.05, 0.1) is 6.04 Å². The monoisotopic (exact) mass is 355 g/mol. The fourth-order valence-corrected chi connectivity index (χ4v) is 3.46. The van der Waals surface area contributed by atoms with Gasteiger partial charge < -0.3 is 14.7 Å². The molecule has 5 nitrogen and oxygen atoms in total. The lowest BCUT2D eigenvalue weighted by molar-refractivity contribution is 0.0933. The zero-order valence-electron chi connectivity index (χ0n) is 14.5. The molecule has 2 heterocycles. The second-order valence-corrected chi connectivity index (χ2v) is 7.13. The molecular weight excluding hydrogens is 334 g/mol. The van der Waals surface area contributed by atoms with Gasteiger partial charge in [0, 0.05) is 23.1 Å². The molecule has 25 heavy (non-hydrogen) atoms. The maximum absolute atomic E-state index is 12.4. The minimum atomic E-state index is -0.231. The lowest BCUT2D eigenvalue weighted by Crippen LogP contribution is -2.34. The van der Waals surface area contributed by atoms with E-state index in [1.165, 1.54) is 10.4 Å². The molecule has 0 spiro atoms. The van der Waals surface area contributed by atoms with E-state index in [2.05, 4.69) is 21.4 Å². The summed E-state index contributed by atoms with van der Waals surface area (Å²) in [4.78, 5) is 15.7. The number of rotatable bonds is 6. The molecule has 0 aliphatic carbocycles. The molecule has 3 aromatic rings. The van der Waals surface area contributed by atoms with Crippen molar-refractivity contribution in [2.24, 2.45) is 0 Å². The van der Waals surface area contributed by atoms with Crippen LogP contribution in [0.2, 0.25) is 0 Å². The van der Waals surface area contributed by atoms with Crippen molar-refractivity contribution in [3.63, 3.8) is 0 Å². The summed E-state index contributed by atoms with van der Waals surface area (Å²) < 4.78 is 5.32. The van der Waals surface area contributed by atoms with Crippen LogP contribution in [0.15, 0.2) is 52.4 Å². The largest absolute Gasteiger partial charge is 0.355 e. The zero-order chi connectivity index (χ0) is 17.8. The maximum Gasteiger partial charge on any atom is 0.273 e. The van der Waals surface area contributed by atoms with E-state index < -0.39 is 0 Å². The Morgan fingerprint density at radius 2 is 2.04 bits per heavy atom. The molecule has 2 aromatic heterocycles. The van der Waals surface area contributed by atoms with E-state index in [-0.39, 0.29) is 11.9 Å². The summed E-state index contributed by atoms with van der Waals surface area (Å²) in [6.45, 7) is 2.54. The summed E-state index contributed by atoms with van der Waals surface area (Å²) in [6, 6.07) is 13.8. The Bertz CT molecular complexity index is 823. The van der Waals surface area contributed by atoms with Crippen LogP contribution in [0.25, 0.3) is 11.3 Å². The molecule has 0 saturated heterocycles. The number of nitrogens with one attached hydrogen (secondary N) is 1. The summed E-state index contributed by atoms with van der Waals surface area (Å²) in [6.07, 6.45) is 0. The molecular formula is C19H21N3O2S. The lowest BCUT2D eigenvalue weighted by Gasteiger charge is -2.23. The topological polar surface area (TPSA) is 58.4 Å². The standard InChI is InChI=1S/C19H21N3O2S/c1-13-6-8-14(9-7-13)17-11-15(21-24-17)19(23)20-12-16(22(2)3)18-5-4-10-25-18/h4-11,16H,12H2,1-3H3,(H,20,23)/t16-/m0/s1. The molecule has 1 aromatic carbocycles. The molecule has 0 saturated carbocycles. The van der Waals surface area contributed by atoms with Crippen LogP contribution < -0.4 is 5.32 Å². The van der Waals surface area contributed by atoms with Gasteiger partial charge in [-0.1, -0.05) is 41.1 Å². The van der Waals surface area contributed by atoms with Crippen molar-refractivity contribution in [2.75, 3.05) is 20.6 Å². The number of likely N-dealkylation sites (N-methyl/N-ethyl adjacent to an activating group) is 1. The van der Waals surface area contributed by atoms with Crippen LogP contribution >= 0.6 is 11.3 Å². The summed E-state index contributed by atoms with van der Waals surface area (Å²) in [5.74, 6) is 0.359. The molecule has 6 heteroatoms. The van der Waals surface area contributed by atoms with Crippen molar-refractivity contribution in [3.8, 4) is 11.3 Å². The quantitative estimate of drug-likeness (QED) is 0.732. The number of hydrogen-bond acceptors (Lipinski definition) is 5. The van der Waals surface area contributed by atoms with E-state index in [9.17, 15) is 4.79 Å². The Kier molecular flexibility index (Phi) is 5.31. The van der Waals surface area contributed by atoms with E-state index in [0.29, 0.717) is 18.0 Å². The van der Waals surface area contributed by atoms with Gasteiger partial charge in [-0.05, 0) is 32.5 Å². The van der Waals surface area contributed by atoms with Gasteiger partial charge in [-0.3, -0.25) is 4.79 Å². The molecule has 130 valence electrons. The molecule has 0 aliphatic heterocycles. The Balaban J connectivity index is 1.66. The Labute approximate surface area is 151 Å². The van der Waals surface area contributed by atoms with Gasteiger partial charge in [-0.2, -0.15) is 0 Å². The molecule has 1 atom stereocenters. The summed E-state index contributed by atoms with van der Waals surface area (Å²) in [5, 5.41) is 8.89. The average Bonchev–Trinajstić information content (AvgIpc) is 3.27. The Hall–Kier alpha value is -2.44. The van der Waals surface area contributed by atoms with Gasteiger partial charge in [-0.15, -0.1) is 11.3 Å². The average molecular weight is 355 g/mol. The van der Waals surface area contributed by atoms with Crippen molar-refractivity contribution in [1.29, 1.82) is 0 Å². The molecule has 0 radical (unpaired) electrons. The van der Waals surface area contributed by atoms with E-state index in [0.717, 1.165) is 5.56 Å². The SMILES string of the molecule is Cc1ccc(-c2cc(C(=O)NC[C@@H](c3cccs3)N(C)C)no2)cc1. The fourth-order valence-electron chi connectivity index (χ4n) is 2.53. The van der Waals surface area contributed by atoms with Crippen LogP contribution in [0, 0.1) is 6.92 Å². The lowest BCUT2D eigenvalue weighted by atomic mass is 10.1. The summed E-state index contributed by atoms with van der Waals surface area (Å²) in [7, 11) is 4.00. The third-order valence-electron chi connectivity index (χ3n) is 4.03. The summed E-state index contributed by atoms with van der Waals surface area (Å²) in [5.41, 5.74) is 2.37. The van der Waals surface area contributed by atoms with Gasteiger partial charge in [0.25, 0.3) is 5.91 Å². The molecule has 1 N–H and O–H groups in total. The number of nitrogens with zero attached hydrogens (tertiary/aromatic N) is 2. The van der Waals surface area contributed by atoms with E-state index >= 15 is 0 Å². The van der Waals surface area contributed by atoms with Crippen LogP contribution in [0.5, 0.6) is 0 Å². The Morgan fingerprint density at radius 3 is 2.68 bits per heavy atom. The van der Waals surface area contributed by atoms with Crippen molar-refractivity contribution in [1.82, 2.24) is 15.4 Å². The van der Waals surface area contributed by atoms with Crippen molar-refractivity contribution in [2.45, 2.75) is 13.0 Å². The fraction of sp³-hybridized carbons (Fsp3) is 0.263. The predicted octanol–water partition coefficient (Wildman–Crippen LogP) is 3.74. The number of carbonyl (C=O) groups excluding carboxylic acids is 1. The first-order chi connectivity index (χ1) is 12.0. The van der Waals surface area contributed by atoms with Crippen LogP contribution in [0.3, 0.4) is 0 Å². The molecule has 0 bridgehead atoms. The first-order valence-electron chi connectivity index (χ1n) is 8.06. The van der Waals surface area contributed by atoms with E-state index in [4.69, 9.17) is 4.52 Å². The second-order valence-electron chi connectivity index (χ2n) is 6.15. The van der Waals surface area contributed by atoms with Gasteiger partial charge in [0.15, 0.2) is 11.5 Å². The molecule has 0 aliphatic rings. The maximum atomic E-state index is 12.4. The van der Waals surface area contributed by atoms with E-state index in [1.807, 2.05) is 56.7 Å². The highest BCUT2D eigenvalue weighted by atomic mass is 32.1. The highest BCUT2D eigenvalue weighted by Gasteiger charge is 2.19. The molecule has 0 fully saturated rings. The third kappa shape index (κ3) is 4.15. The number of aryl methyl sites for hydroxylation is 1. The van der Waals surface area contributed by atoms with E-state index in [1.54, 1.807) is 17.4 Å². The zero-order valence-corrected chi connectivity index (χ0v) is 15.3.